The predicted molar refractivity (Wildman–Crippen MR) is 70.3 cm³/mol. The standard InChI is InChI=1S/C12H19N3OS/c1-12(2)5-4-9(13-3)11(16)15(7-12)10-6-17-8-14-10/h6,8-9,13H,4-5,7H2,1-3H3. The summed E-state index contributed by atoms with van der Waals surface area (Å²) in [5.41, 5.74) is 1.92. The van der Waals surface area contributed by atoms with E-state index in [-0.39, 0.29) is 17.4 Å². The van der Waals surface area contributed by atoms with Crippen molar-refractivity contribution >= 4 is 23.1 Å². The van der Waals surface area contributed by atoms with E-state index in [9.17, 15) is 4.79 Å². The Balaban J connectivity index is 2.29. The first-order valence-corrected chi connectivity index (χ1v) is 6.84. The van der Waals surface area contributed by atoms with Crippen LogP contribution in [0.3, 0.4) is 0 Å². The molecule has 1 amide bonds. The Morgan fingerprint density at radius 2 is 2.35 bits per heavy atom. The number of hydrogen-bond donors (Lipinski definition) is 1. The minimum absolute atomic E-state index is 0.0847. The Morgan fingerprint density at radius 3 is 2.94 bits per heavy atom. The van der Waals surface area contributed by atoms with Gasteiger partial charge in [0.1, 0.15) is 5.82 Å². The average molecular weight is 253 g/mol. The van der Waals surface area contributed by atoms with E-state index in [2.05, 4.69) is 24.1 Å². The molecule has 1 aliphatic rings. The molecule has 1 unspecified atom stereocenters. The van der Waals surface area contributed by atoms with E-state index in [1.54, 1.807) is 5.51 Å². The molecule has 0 radical (unpaired) electrons. The summed E-state index contributed by atoms with van der Waals surface area (Å²) in [5, 5.41) is 5.04. The molecule has 0 bridgehead atoms. The quantitative estimate of drug-likeness (QED) is 0.875. The van der Waals surface area contributed by atoms with Gasteiger partial charge in [-0.15, -0.1) is 11.3 Å². The van der Waals surface area contributed by atoms with Crippen LogP contribution in [-0.2, 0) is 4.79 Å². The number of nitrogens with one attached hydrogen (secondary N) is 1. The van der Waals surface area contributed by atoms with E-state index in [4.69, 9.17) is 0 Å². The van der Waals surface area contributed by atoms with E-state index >= 15 is 0 Å². The molecule has 1 N–H and O–H groups in total. The summed E-state index contributed by atoms with van der Waals surface area (Å²) in [5.74, 6) is 0.930. The van der Waals surface area contributed by atoms with Crippen LogP contribution in [0.2, 0.25) is 0 Å². The summed E-state index contributed by atoms with van der Waals surface area (Å²) in [6, 6.07) is -0.0847. The summed E-state index contributed by atoms with van der Waals surface area (Å²) in [6.45, 7) is 5.16. The van der Waals surface area contributed by atoms with Gasteiger partial charge < -0.3 is 5.32 Å². The minimum atomic E-state index is -0.0847. The number of thiazole rings is 1. The first-order valence-electron chi connectivity index (χ1n) is 5.90. The van der Waals surface area contributed by atoms with Crippen molar-refractivity contribution in [3.8, 4) is 0 Å². The highest BCUT2D eigenvalue weighted by Crippen LogP contribution is 2.31. The normalized spacial score (nSPS) is 24.8. The first kappa shape index (κ1) is 12.5. The molecule has 2 rings (SSSR count). The van der Waals surface area contributed by atoms with Gasteiger partial charge >= 0.3 is 0 Å². The van der Waals surface area contributed by atoms with Gasteiger partial charge in [0.25, 0.3) is 0 Å². The van der Waals surface area contributed by atoms with Gasteiger partial charge in [0, 0.05) is 11.9 Å². The van der Waals surface area contributed by atoms with Crippen LogP contribution >= 0.6 is 11.3 Å². The van der Waals surface area contributed by atoms with Gasteiger partial charge in [-0.1, -0.05) is 13.8 Å². The van der Waals surface area contributed by atoms with Gasteiger partial charge in [-0.3, -0.25) is 9.69 Å². The molecular weight excluding hydrogens is 234 g/mol. The SMILES string of the molecule is CNC1CCC(C)(C)CN(c2cscn2)C1=O. The number of rotatable bonds is 2. The van der Waals surface area contributed by atoms with Crippen LogP contribution in [0.25, 0.3) is 0 Å². The van der Waals surface area contributed by atoms with Crippen LogP contribution in [0.1, 0.15) is 26.7 Å². The molecule has 17 heavy (non-hydrogen) atoms. The van der Waals surface area contributed by atoms with Gasteiger partial charge in [-0.05, 0) is 25.3 Å². The Hall–Kier alpha value is -0.940. The lowest BCUT2D eigenvalue weighted by Crippen LogP contribution is -2.45. The fourth-order valence-corrected chi connectivity index (χ4v) is 2.77. The fraction of sp³-hybridized carbons (Fsp3) is 0.667. The molecular formula is C12H19N3OS. The van der Waals surface area contributed by atoms with E-state index in [1.807, 2.05) is 17.3 Å². The molecule has 2 heterocycles. The number of carbonyl (C=O) groups is 1. The van der Waals surface area contributed by atoms with Gasteiger partial charge in [0.15, 0.2) is 0 Å². The summed E-state index contributed by atoms with van der Waals surface area (Å²) in [7, 11) is 1.85. The third kappa shape index (κ3) is 2.66. The largest absolute Gasteiger partial charge is 0.309 e. The number of anilines is 1. The molecule has 0 aliphatic carbocycles. The maximum Gasteiger partial charge on any atom is 0.245 e. The zero-order chi connectivity index (χ0) is 12.5. The number of amides is 1. The Kier molecular flexibility index (Phi) is 3.49. The third-order valence-corrected chi connectivity index (χ3v) is 3.88. The number of nitrogens with zero attached hydrogens (tertiary/aromatic N) is 2. The second-order valence-electron chi connectivity index (χ2n) is 5.32. The number of likely N-dealkylation sites (N-methyl/N-ethyl adjacent to an activating group) is 1. The van der Waals surface area contributed by atoms with E-state index in [0.717, 1.165) is 25.2 Å². The molecule has 0 spiro atoms. The number of hydrogen-bond acceptors (Lipinski definition) is 4. The Bertz CT molecular complexity index is 388. The van der Waals surface area contributed by atoms with Crippen molar-refractivity contribution in [2.75, 3.05) is 18.5 Å². The molecule has 4 nitrogen and oxygen atoms in total. The van der Waals surface area contributed by atoms with Gasteiger partial charge in [-0.25, -0.2) is 4.98 Å². The van der Waals surface area contributed by atoms with Crippen LogP contribution in [0.5, 0.6) is 0 Å². The monoisotopic (exact) mass is 253 g/mol. The Labute approximate surface area is 106 Å². The molecule has 0 saturated carbocycles. The molecule has 1 saturated heterocycles. The van der Waals surface area contributed by atoms with Crippen molar-refractivity contribution in [3.05, 3.63) is 10.9 Å². The average Bonchev–Trinajstić information content (AvgIpc) is 2.76. The number of carbonyl (C=O) groups excluding carboxylic acids is 1. The summed E-state index contributed by atoms with van der Waals surface area (Å²) in [6.07, 6.45) is 1.94. The predicted octanol–water partition coefficient (Wildman–Crippen LogP) is 1.88. The fourth-order valence-electron chi connectivity index (χ4n) is 2.23. The van der Waals surface area contributed by atoms with Crippen molar-refractivity contribution in [1.29, 1.82) is 0 Å². The van der Waals surface area contributed by atoms with Crippen LogP contribution in [0.4, 0.5) is 5.82 Å². The molecule has 1 aromatic rings. The molecule has 1 atom stereocenters. The summed E-state index contributed by atoms with van der Waals surface area (Å²) in [4.78, 5) is 18.5. The topological polar surface area (TPSA) is 45.2 Å². The van der Waals surface area contributed by atoms with Gasteiger partial charge in [0.2, 0.25) is 5.91 Å². The van der Waals surface area contributed by atoms with E-state index in [1.165, 1.54) is 11.3 Å². The minimum Gasteiger partial charge on any atom is -0.309 e. The van der Waals surface area contributed by atoms with Crippen molar-refractivity contribution in [1.82, 2.24) is 10.3 Å². The zero-order valence-electron chi connectivity index (χ0n) is 10.6. The molecule has 1 aromatic heterocycles. The second-order valence-corrected chi connectivity index (χ2v) is 6.03. The number of aromatic nitrogens is 1. The summed E-state index contributed by atoms with van der Waals surface area (Å²) >= 11 is 1.53. The lowest BCUT2D eigenvalue weighted by atomic mass is 9.87. The van der Waals surface area contributed by atoms with Crippen LogP contribution < -0.4 is 10.2 Å². The maximum atomic E-state index is 12.4. The molecule has 0 aromatic carbocycles. The lowest BCUT2D eigenvalue weighted by molar-refractivity contribution is -0.120. The highest BCUT2D eigenvalue weighted by molar-refractivity contribution is 7.07. The first-order chi connectivity index (χ1) is 8.03. The van der Waals surface area contributed by atoms with Crippen molar-refractivity contribution in [2.24, 2.45) is 5.41 Å². The van der Waals surface area contributed by atoms with Crippen molar-refractivity contribution in [2.45, 2.75) is 32.7 Å². The Morgan fingerprint density at radius 1 is 1.59 bits per heavy atom. The van der Waals surface area contributed by atoms with Crippen LogP contribution in [-0.4, -0.2) is 30.5 Å². The molecule has 94 valence electrons. The van der Waals surface area contributed by atoms with Crippen LogP contribution in [0, 0.1) is 5.41 Å². The van der Waals surface area contributed by atoms with Gasteiger partial charge in [-0.2, -0.15) is 0 Å². The van der Waals surface area contributed by atoms with Crippen molar-refractivity contribution in [3.63, 3.8) is 0 Å². The van der Waals surface area contributed by atoms with Gasteiger partial charge in [0.05, 0.1) is 11.6 Å². The molecule has 5 heteroatoms. The van der Waals surface area contributed by atoms with E-state index in [0.29, 0.717) is 0 Å². The second kappa shape index (κ2) is 4.74. The molecule has 1 fully saturated rings. The van der Waals surface area contributed by atoms with E-state index < -0.39 is 0 Å². The lowest BCUT2D eigenvalue weighted by Gasteiger charge is -2.28. The third-order valence-electron chi connectivity index (χ3n) is 3.30. The van der Waals surface area contributed by atoms with Crippen LogP contribution in [0.15, 0.2) is 10.9 Å². The van der Waals surface area contributed by atoms with Crippen molar-refractivity contribution < 1.29 is 4.79 Å². The molecule has 1 aliphatic heterocycles. The smallest absolute Gasteiger partial charge is 0.245 e. The summed E-state index contributed by atoms with van der Waals surface area (Å²) < 4.78 is 0. The maximum absolute atomic E-state index is 12.4. The highest BCUT2D eigenvalue weighted by atomic mass is 32.1. The highest BCUT2D eigenvalue weighted by Gasteiger charge is 2.35. The zero-order valence-corrected chi connectivity index (χ0v) is 11.4.